The lowest BCUT2D eigenvalue weighted by Gasteiger charge is -2.07. The van der Waals surface area contributed by atoms with Gasteiger partial charge in [0.2, 0.25) is 0 Å². The van der Waals surface area contributed by atoms with Gasteiger partial charge in [-0.05, 0) is 17.7 Å². The van der Waals surface area contributed by atoms with Crippen molar-refractivity contribution in [2.75, 3.05) is 0 Å². The number of nitrogens with zero attached hydrogens (tertiary/aromatic N) is 3. The molecule has 3 heteroatoms. The summed E-state index contributed by atoms with van der Waals surface area (Å²) in [4.78, 5) is 8.45. The smallest absolute Gasteiger partial charge is 0.140 e. The van der Waals surface area contributed by atoms with E-state index in [9.17, 15) is 0 Å². The highest BCUT2D eigenvalue weighted by molar-refractivity contribution is 5.54. The number of hydrogen-bond donors (Lipinski definition) is 0. The fraction of sp³-hybridized carbons (Fsp3) is 0.0667. The van der Waals surface area contributed by atoms with Crippen LogP contribution in [0.5, 0.6) is 0 Å². The van der Waals surface area contributed by atoms with Crippen molar-refractivity contribution in [1.82, 2.24) is 14.5 Å². The van der Waals surface area contributed by atoms with Gasteiger partial charge in [-0.2, -0.15) is 0 Å². The van der Waals surface area contributed by atoms with E-state index in [1.54, 1.807) is 12.4 Å². The third-order valence-electron chi connectivity index (χ3n) is 2.85. The van der Waals surface area contributed by atoms with Gasteiger partial charge < -0.3 is 4.57 Å². The maximum Gasteiger partial charge on any atom is 0.140 e. The molecule has 0 bridgehead atoms. The van der Waals surface area contributed by atoms with Crippen LogP contribution in [0.15, 0.2) is 67.3 Å². The third kappa shape index (κ3) is 2.15. The number of imidazole rings is 1. The van der Waals surface area contributed by atoms with Gasteiger partial charge in [-0.15, -0.1) is 0 Å². The van der Waals surface area contributed by atoms with Gasteiger partial charge in [-0.3, -0.25) is 4.98 Å². The summed E-state index contributed by atoms with van der Waals surface area (Å²) in [7, 11) is 0. The molecule has 0 aliphatic carbocycles. The van der Waals surface area contributed by atoms with E-state index in [4.69, 9.17) is 0 Å². The van der Waals surface area contributed by atoms with Gasteiger partial charge in [-0.25, -0.2) is 4.98 Å². The van der Waals surface area contributed by atoms with Crippen LogP contribution in [0.2, 0.25) is 0 Å². The molecule has 2 aromatic heterocycles. The molecule has 2 heterocycles. The minimum absolute atomic E-state index is 0.832. The second kappa shape index (κ2) is 4.84. The minimum atomic E-state index is 0.832. The Hall–Kier alpha value is -2.42. The monoisotopic (exact) mass is 235 g/mol. The van der Waals surface area contributed by atoms with Crippen LogP contribution < -0.4 is 0 Å². The van der Waals surface area contributed by atoms with Crippen molar-refractivity contribution in [2.45, 2.75) is 6.54 Å². The van der Waals surface area contributed by atoms with Crippen molar-refractivity contribution < 1.29 is 0 Å². The summed E-state index contributed by atoms with van der Waals surface area (Å²) in [6.45, 7) is 0.832. The standard InChI is InChI=1S/C15H13N3/c1-2-4-13(5-3-1)12-18-11-10-17-15(18)14-6-8-16-9-7-14/h1-11H,12H2. The largest absolute Gasteiger partial charge is 0.327 e. The average Bonchev–Trinajstić information content (AvgIpc) is 2.89. The Balaban J connectivity index is 1.93. The molecule has 1 aromatic carbocycles. The van der Waals surface area contributed by atoms with E-state index in [1.165, 1.54) is 5.56 Å². The quantitative estimate of drug-likeness (QED) is 0.698. The van der Waals surface area contributed by atoms with Crippen LogP contribution in [0, 0.1) is 0 Å². The molecular formula is C15H13N3. The molecule has 0 saturated carbocycles. The molecule has 0 aliphatic rings. The zero-order chi connectivity index (χ0) is 12.2. The van der Waals surface area contributed by atoms with Gasteiger partial charge in [0.15, 0.2) is 0 Å². The topological polar surface area (TPSA) is 30.7 Å². The van der Waals surface area contributed by atoms with Crippen molar-refractivity contribution in [1.29, 1.82) is 0 Å². The van der Waals surface area contributed by atoms with E-state index in [0.29, 0.717) is 0 Å². The Morgan fingerprint density at radius 2 is 1.67 bits per heavy atom. The number of rotatable bonds is 3. The second-order valence-corrected chi connectivity index (χ2v) is 4.10. The molecule has 0 amide bonds. The number of benzene rings is 1. The molecule has 18 heavy (non-hydrogen) atoms. The summed E-state index contributed by atoms with van der Waals surface area (Å²) in [5, 5.41) is 0. The Labute approximate surface area is 106 Å². The predicted molar refractivity (Wildman–Crippen MR) is 71.0 cm³/mol. The molecule has 3 nitrogen and oxygen atoms in total. The van der Waals surface area contributed by atoms with Crippen molar-refractivity contribution in [3.63, 3.8) is 0 Å². The van der Waals surface area contributed by atoms with Crippen LogP contribution in [0.4, 0.5) is 0 Å². The molecule has 3 rings (SSSR count). The molecule has 0 fully saturated rings. The molecule has 0 saturated heterocycles. The number of hydrogen-bond acceptors (Lipinski definition) is 2. The lowest BCUT2D eigenvalue weighted by molar-refractivity contribution is 0.807. The molecule has 0 spiro atoms. The van der Waals surface area contributed by atoms with Crippen LogP contribution in [-0.4, -0.2) is 14.5 Å². The Morgan fingerprint density at radius 1 is 0.889 bits per heavy atom. The molecule has 0 atom stereocenters. The van der Waals surface area contributed by atoms with Gasteiger partial charge in [0, 0.05) is 36.9 Å². The van der Waals surface area contributed by atoms with Crippen LogP contribution in [0.1, 0.15) is 5.56 Å². The van der Waals surface area contributed by atoms with E-state index in [-0.39, 0.29) is 0 Å². The first-order valence-electron chi connectivity index (χ1n) is 5.89. The van der Waals surface area contributed by atoms with Crippen molar-refractivity contribution in [3.8, 4) is 11.4 Å². The lowest BCUT2D eigenvalue weighted by Crippen LogP contribution is -2.00. The van der Waals surface area contributed by atoms with Gasteiger partial charge in [0.25, 0.3) is 0 Å². The highest BCUT2D eigenvalue weighted by Gasteiger charge is 2.05. The zero-order valence-corrected chi connectivity index (χ0v) is 9.90. The lowest BCUT2D eigenvalue weighted by atomic mass is 10.2. The molecule has 0 aliphatic heterocycles. The van der Waals surface area contributed by atoms with Gasteiger partial charge in [0.05, 0.1) is 0 Å². The fourth-order valence-corrected chi connectivity index (χ4v) is 1.98. The van der Waals surface area contributed by atoms with Crippen LogP contribution in [-0.2, 0) is 6.54 Å². The van der Waals surface area contributed by atoms with Crippen LogP contribution in [0.25, 0.3) is 11.4 Å². The first kappa shape index (κ1) is 10.7. The van der Waals surface area contributed by atoms with E-state index in [1.807, 2.05) is 30.6 Å². The Kier molecular flexibility index (Phi) is 2.88. The molecule has 3 aromatic rings. The van der Waals surface area contributed by atoms with Crippen molar-refractivity contribution >= 4 is 0 Å². The fourth-order valence-electron chi connectivity index (χ4n) is 1.98. The molecule has 88 valence electrons. The van der Waals surface area contributed by atoms with Gasteiger partial charge in [-0.1, -0.05) is 30.3 Å². The Morgan fingerprint density at radius 3 is 2.44 bits per heavy atom. The first-order valence-corrected chi connectivity index (χ1v) is 5.89. The normalized spacial score (nSPS) is 10.4. The van der Waals surface area contributed by atoms with Crippen LogP contribution >= 0.6 is 0 Å². The summed E-state index contributed by atoms with van der Waals surface area (Å²) in [6.07, 6.45) is 7.41. The molecule has 0 radical (unpaired) electrons. The Bertz CT molecular complexity index is 615. The second-order valence-electron chi connectivity index (χ2n) is 4.10. The maximum absolute atomic E-state index is 4.42. The summed E-state index contributed by atoms with van der Waals surface area (Å²) < 4.78 is 2.14. The molecule has 0 N–H and O–H groups in total. The molecule has 0 unspecified atom stereocenters. The van der Waals surface area contributed by atoms with E-state index >= 15 is 0 Å². The summed E-state index contributed by atoms with van der Waals surface area (Å²) in [5.74, 6) is 0.973. The summed E-state index contributed by atoms with van der Waals surface area (Å²) >= 11 is 0. The van der Waals surface area contributed by atoms with E-state index in [0.717, 1.165) is 17.9 Å². The predicted octanol–water partition coefficient (Wildman–Crippen LogP) is 2.99. The summed E-state index contributed by atoms with van der Waals surface area (Å²) in [5.41, 5.74) is 2.36. The zero-order valence-electron chi connectivity index (χ0n) is 9.90. The highest BCUT2D eigenvalue weighted by Crippen LogP contribution is 2.17. The van der Waals surface area contributed by atoms with Crippen molar-refractivity contribution in [2.24, 2.45) is 0 Å². The van der Waals surface area contributed by atoms with Gasteiger partial charge in [0.1, 0.15) is 5.82 Å². The minimum Gasteiger partial charge on any atom is -0.327 e. The van der Waals surface area contributed by atoms with E-state index < -0.39 is 0 Å². The van der Waals surface area contributed by atoms with E-state index in [2.05, 4.69) is 38.8 Å². The third-order valence-corrected chi connectivity index (χ3v) is 2.85. The van der Waals surface area contributed by atoms with Gasteiger partial charge >= 0.3 is 0 Å². The maximum atomic E-state index is 4.42. The number of pyridine rings is 1. The van der Waals surface area contributed by atoms with Crippen LogP contribution in [0.3, 0.4) is 0 Å². The summed E-state index contributed by atoms with van der Waals surface area (Å²) in [6, 6.07) is 14.3. The molecular weight excluding hydrogens is 222 g/mol. The first-order chi connectivity index (χ1) is 8.93. The average molecular weight is 235 g/mol. The number of aromatic nitrogens is 3. The SMILES string of the molecule is c1ccc(Cn2ccnc2-c2ccncc2)cc1. The van der Waals surface area contributed by atoms with Crippen molar-refractivity contribution in [3.05, 3.63) is 72.8 Å². The highest BCUT2D eigenvalue weighted by atomic mass is 15.1.